The summed E-state index contributed by atoms with van der Waals surface area (Å²) in [6.07, 6.45) is 0.757. The van der Waals surface area contributed by atoms with Crippen LogP contribution in [0.25, 0.3) is 0 Å². The summed E-state index contributed by atoms with van der Waals surface area (Å²) in [5.41, 5.74) is 1.44. The average molecular weight is 374 g/mol. The van der Waals surface area contributed by atoms with Gasteiger partial charge in [-0.15, -0.1) is 0 Å². The third-order valence-corrected chi connectivity index (χ3v) is 5.83. The van der Waals surface area contributed by atoms with Crippen LogP contribution in [-0.4, -0.2) is 34.1 Å². The summed E-state index contributed by atoms with van der Waals surface area (Å²) in [4.78, 5) is 11.5. The van der Waals surface area contributed by atoms with E-state index in [-0.39, 0.29) is 29.9 Å². The molecule has 8 heteroatoms. The van der Waals surface area contributed by atoms with Gasteiger partial charge in [0.1, 0.15) is 11.5 Å². The van der Waals surface area contributed by atoms with Crippen molar-refractivity contribution >= 4 is 21.6 Å². The monoisotopic (exact) mass is 374 g/mol. The average Bonchev–Trinajstić information content (AvgIpc) is 2.65. The molecular weight excluding hydrogens is 356 g/mol. The van der Waals surface area contributed by atoms with Crippen molar-refractivity contribution in [2.45, 2.75) is 11.3 Å². The SMILES string of the molecule is O=C1COc2ccc(S(=O)(=O)NCC3COc4ccccc4C3)cc2N1. The van der Waals surface area contributed by atoms with E-state index in [1.165, 1.54) is 12.1 Å². The van der Waals surface area contributed by atoms with E-state index in [0.29, 0.717) is 18.0 Å². The molecule has 2 aliphatic heterocycles. The second kappa shape index (κ2) is 6.62. The standard InChI is InChI=1S/C18H18N2O5S/c21-18-11-25-17-6-5-14(8-15(17)20-18)26(22,23)19-9-12-7-13-3-1-2-4-16(13)24-10-12/h1-6,8,12,19H,7,9-11H2,(H,20,21). The Hall–Kier alpha value is -2.58. The number of carbonyl (C=O) groups excluding carboxylic acids is 1. The number of fused-ring (bicyclic) bond motifs is 2. The van der Waals surface area contributed by atoms with E-state index in [0.717, 1.165) is 17.7 Å². The predicted molar refractivity (Wildman–Crippen MR) is 94.9 cm³/mol. The Morgan fingerprint density at radius 2 is 1.96 bits per heavy atom. The highest BCUT2D eigenvalue weighted by molar-refractivity contribution is 7.89. The Morgan fingerprint density at radius 1 is 1.12 bits per heavy atom. The van der Waals surface area contributed by atoms with E-state index in [2.05, 4.69) is 10.0 Å². The highest BCUT2D eigenvalue weighted by Gasteiger charge is 2.24. The number of hydrogen-bond acceptors (Lipinski definition) is 5. The minimum atomic E-state index is -3.70. The van der Waals surface area contributed by atoms with Gasteiger partial charge in [-0.2, -0.15) is 0 Å². The first-order chi connectivity index (χ1) is 12.5. The fourth-order valence-electron chi connectivity index (χ4n) is 3.06. The number of benzene rings is 2. The number of nitrogens with one attached hydrogen (secondary N) is 2. The van der Waals surface area contributed by atoms with Gasteiger partial charge in [-0.05, 0) is 36.2 Å². The van der Waals surface area contributed by atoms with Crippen molar-refractivity contribution in [1.82, 2.24) is 4.72 Å². The second-order valence-corrected chi connectivity index (χ2v) is 8.10. The van der Waals surface area contributed by atoms with E-state index < -0.39 is 10.0 Å². The van der Waals surface area contributed by atoms with Gasteiger partial charge in [0.15, 0.2) is 6.61 Å². The summed E-state index contributed by atoms with van der Waals surface area (Å²) >= 11 is 0. The molecule has 2 aromatic carbocycles. The molecule has 0 radical (unpaired) electrons. The van der Waals surface area contributed by atoms with Crippen molar-refractivity contribution in [2.24, 2.45) is 5.92 Å². The number of anilines is 1. The lowest BCUT2D eigenvalue weighted by atomic mass is 9.97. The van der Waals surface area contributed by atoms with Crippen molar-refractivity contribution in [1.29, 1.82) is 0 Å². The maximum absolute atomic E-state index is 12.6. The zero-order valence-electron chi connectivity index (χ0n) is 13.9. The molecule has 7 nitrogen and oxygen atoms in total. The molecule has 0 aliphatic carbocycles. The maximum Gasteiger partial charge on any atom is 0.262 e. The molecule has 0 saturated carbocycles. The Labute approximate surface area is 151 Å². The number of carbonyl (C=O) groups is 1. The lowest BCUT2D eigenvalue weighted by Crippen LogP contribution is -2.35. The number of sulfonamides is 1. The highest BCUT2D eigenvalue weighted by atomic mass is 32.2. The molecule has 4 rings (SSSR count). The van der Waals surface area contributed by atoms with Crippen LogP contribution in [0.15, 0.2) is 47.4 Å². The van der Waals surface area contributed by atoms with Crippen LogP contribution in [0.3, 0.4) is 0 Å². The summed E-state index contributed by atoms with van der Waals surface area (Å²) in [6.45, 7) is 0.671. The minimum Gasteiger partial charge on any atom is -0.493 e. The van der Waals surface area contributed by atoms with Gasteiger partial charge in [-0.25, -0.2) is 13.1 Å². The summed E-state index contributed by atoms with van der Waals surface area (Å²) in [6, 6.07) is 12.2. The largest absolute Gasteiger partial charge is 0.493 e. The van der Waals surface area contributed by atoms with Crippen molar-refractivity contribution < 1.29 is 22.7 Å². The van der Waals surface area contributed by atoms with E-state index in [1.54, 1.807) is 6.07 Å². The highest BCUT2D eigenvalue weighted by Crippen LogP contribution is 2.30. The normalized spacial score (nSPS) is 18.8. The first kappa shape index (κ1) is 16.9. The molecule has 1 atom stereocenters. The topological polar surface area (TPSA) is 93.7 Å². The number of ether oxygens (including phenoxy) is 2. The smallest absolute Gasteiger partial charge is 0.262 e. The molecule has 2 heterocycles. The van der Waals surface area contributed by atoms with Gasteiger partial charge in [-0.1, -0.05) is 18.2 Å². The van der Waals surface area contributed by atoms with Crippen LogP contribution >= 0.6 is 0 Å². The van der Waals surface area contributed by atoms with Crippen LogP contribution in [0.4, 0.5) is 5.69 Å². The fourth-order valence-corrected chi connectivity index (χ4v) is 4.20. The van der Waals surface area contributed by atoms with Crippen LogP contribution in [0, 0.1) is 5.92 Å². The molecule has 0 aromatic heterocycles. The molecule has 136 valence electrons. The third kappa shape index (κ3) is 3.38. The van der Waals surface area contributed by atoms with E-state index >= 15 is 0 Å². The van der Waals surface area contributed by atoms with Crippen LogP contribution in [0.1, 0.15) is 5.56 Å². The molecule has 2 aliphatic rings. The third-order valence-electron chi connectivity index (χ3n) is 4.41. The Morgan fingerprint density at radius 3 is 2.85 bits per heavy atom. The first-order valence-electron chi connectivity index (χ1n) is 8.28. The van der Waals surface area contributed by atoms with Gasteiger partial charge < -0.3 is 14.8 Å². The number of hydrogen-bond donors (Lipinski definition) is 2. The Balaban J connectivity index is 1.45. The van der Waals surface area contributed by atoms with E-state index in [1.807, 2.05) is 24.3 Å². The van der Waals surface area contributed by atoms with Crippen LogP contribution in [0.5, 0.6) is 11.5 Å². The van der Waals surface area contributed by atoms with Crippen LogP contribution in [-0.2, 0) is 21.2 Å². The van der Waals surface area contributed by atoms with Gasteiger partial charge in [0.25, 0.3) is 5.91 Å². The second-order valence-electron chi connectivity index (χ2n) is 6.34. The lowest BCUT2D eigenvalue weighted by Gasteiger charge is -2.25. The van der Waals surface area contributed by atoms with Crippen molar-refractivity contribution in [2.75, 3.05) is 25.1 Å². The molecule has 2 aromatic rings. The van der Waals surface area contributed by atoms with Gasteiger partial charge >= 0.3 is 0 Å². The Bertz CT molecular complexity index is 958. The summed E-state index contributed by atoms with van der Waals surface area (Å²) in [7, 11) is -3.70. The van der Waals surface area contributed by atoms with Gasteiger partial charge in [0.2, 0.25) is 10.0 Å². The molecule has 26 heavy (non-hydrogen) atoms. The molecule has 0 fully saturated rings. The fraction of sp³-hybridized carbons (Fsp3) is 0.278. The molecular formula is C18H18N2O5S. The van der Waals surface area contributed by atoms with Crippen LogP contribution < -0.4 is 19.5 Å². The molecule has 0 bridgehead atoms. The zero-order chi connectivity index (χ0) is 18.1. The maximum atomic E-state index is 12.6. The Kier molecular flexibility index (Phi) is 4.29. The molecule has 0 saturated heterocycles. The number of rotatable bonds is 4. The van der Waals surface area contributed by atoms with Gasteiger partial charge in [-0.3, -0.25) is 4.79 Å². The number of para-hydroxylation sites is 1. The quantitative estimate of drug-likeness (QED) is 0.847. The van der Waals surface area contributed by atoms with Crippen molar-refractivity contribution in [3.05, 3.63) is 48.0 Å². The molecule has 1 unspecified atom stereocenters. The zero-order valence-corrected chi connectivity index (χ0v) is 14.7. The van der Waals surface area contributed by atoms with E-state index in [9.17, 15) is 13.2 Å². The summed E-state index contributed by atoms with van der Waals surface area (Å²) < 4.78 is 38.7. The van der Waals surface area contributed by atoms with Gasteiger partial charge in [0.05, 0.1) is 17.2 Å². The predicted octanol–water partition coefficient (Wildman–Crippen LogP) is 1.55. The molecule has 1 amide bonds. The van der Waals surface area contributed by atoms with E-state index in [4.69, 9.17) is 9.47 Å². The van der Waals surface area contributed by atoms with Crippen molar-refractivity contribution in [3.63, 3.8) is 0 Å². The van der Waals surface area contributed by atoms with Crippen LogP contribution in [0.2, 0.25) is 0 Å². The summed E-state index contributed by atoms with van der Waals surface area (Å²) in [5.74, 6) is 1.07. The number of amides is 1. The molecule has 0 spiro atoms. The summed E-state index contributed by atoms with van der Waals surface area (Å²) in [5, 5.41) is 2.61. The van der Waals surface area contributed by atoms with Gasteiger partial charge in [0, 0.05) is 12.5 Å². The lowest BCUT2D eigenvalue weighted by molar-refractivity contribution is -0.118. The first-order valence-corrected chi connectivity index (χ1v) is 9.77. The van der Waals surface area contributed by atoms with Crippen molar-refractivity contribution in [3.8, 4) is 11.5 Å². The minimum absolute atomic E-state index is 0.0559. The molecule has 2 N–H and O–H groups in total.